The van der Waals surface area contributed by atoms with Crippen LogP contribution in [0.15, 0.2) is 49.3 Å². The quantitative estimate of drug-likeness (QED) is 0.504. The topological polar surface area (TPSA) is 81.1 Å². The minimum atomic E-state index is -0.296. The zero-order valence-corrected chi connectivity index (χ0v) is 17.3. The van der Waals surface area contributed by atoms with E-state index in [1.54, 1.807) is 10.9 Å². The summed E-state index contributed by atoms with van der Waals surface area (Å²) >= 11 is 0. The molecule has 0 N–H and O–H groups in total. The second kappa shape index (κ2) is 7.73. The molecular weight excluding hydrogens is 388 g/mol. The van der Waals surface area contributed by atoms with Gasteiger partial charge in [0.2, 0.25) is 0 Å². The second-order valence-electron chi connectivity index (χ2n) is 8.21. The van der Waals surface area contributed by atoms with Gasteiger partial charge in [0.15, 0.2) is 0 Å². The Bertz CT molecular complexity index is 1300. The molecule has 1 unspecified atom stereocenters. The fourth-order valence-corrected chi connectivity index (χ4v) is 4.56. The Kier molecular flexibility index (Phi) is 4.76. The second-order valence-corrected chi connectivity index (χ2v) is 8.21. The first-order chi connectivity index (χ1) is 15.2. The van der Waals surface area contributed by atoms with Crippen LogP contribution in [-0.4, -0.2) is 35.2 Å². The smallest absolute Gasteiger partial charge is 0.272 e. The van der Waals surface area contributed by atoms with Crippen molar-refractivity contribution in [3.8, 4) is 34.9 Å². The van der Waals surface area contributed by atoms with Crippen molar-refractivity contribution in [3.05, 3.63) is 54.2 Å². The van der Waals surface area contributed by atoms with Gasteiger partial charge in [0.05, 0.1) is 24.0 Å². The Labute approximate surface area is 180 Å². The lowest BCUT2D eigenvalue weighted by atomic mass is 9.82. The summed E-state index contributed by atoms with van der Waals surface area (Å²) in [7, 11) is 1.90. The van der Waals surface area contributed by atoms with Crippen molar-refractivity contribution in [2.75, 3.05) is 0 Å². The zero-order chi connectivity index (χ0) is 21.4. The van der Waals surface area contributed by atoms with Crippen molar-refractivity contribution in [2.45, 2.75) is 37.8 Å². The van der Waals surface area contributed by atoms with Gasteiger partial charge in [0.25, 0.3) is 12.6 Å². The number of aromatic nitrogens is 6. The third kappa shape index (κ3) is 3.47. The number of pyridine rings is 1. The molecule has 1 saturated carbocycles. The molecule has 0 aliphatic heterocycles. The van der Waals surface area contributed by atoms with Crippen LogP contribution in [0.3, 0.4) is 0 Å². The predicted molar refractivity (Wildman–Crippen MR) is 117 cm³/mol. The number of nitrogens with zero attached hydrogens (tertiary/aromatic N) is 8. The Morgan fingerprint density at radius 3 is 2.58 bits per heavy atom. The van der Waals surface area contributed by atoms with E-state index in [1.165, 1.54) is 0 Å². The molecule has 0 radical (unpaired) electrons. The van der Waals surface area contributed by atoms with Crippen LogP contribution in [0.5, 0.6) is 0 Å². The van der Waals surface area contributed by atoms with Gasteiger partial charge in [0, 0.05) is 66.9 Å². The number of aryl methyl sites for hydroxylation is 1. The Morgan fingerprint density at radius 2 is 1.87 bits per heavy atom. The number of hydrogen-bond acceptors (Lipinski definition) is 4. The molecule has 1 aliphatic rings. The molecule has 0 aromatic carbocycles. The summed E-state index contributed by atoms with van der Waals surface area (Å²) < 4.78 is 5.46. The number of nitriles is 1. The van der Waals surface area contributed by atoms with Crippen molar-refractivity contribution < 1.29 is 0 Å². The molecule has 31 heavy (non-hydrogen) atoms. The van der Waals surface area contributed by atoms with Gasteiger partial charge in [-0.15, -0.1) is 0 Å². The molecule has 4 aromatic heterocycles. The van der Waals surface area contributed by atoms with Crippen molar-refractivity contribution in [1.29, 1.82) is 5.26 Å². The minimum Gasteiger partial charge on any atom is -0.275 e. The first-order valence-electron chi connectivity index (χ1n) is 10.5. The summed E-state index contributed by atoms with van der Waals surface area (Å²) in [5.74, 6) is 0.257. The normalized spacial score (nSPS) is 19.7. The highest BCUT2D eigenvalue weighted by Gasteiger charge is 2.32. The lowest BCUT2D eigenvalue weighted by molar-refractivity contribution is 0.271. The molecule has 1 atom stereocenters. The average molecular weight is 411 g/mol. The number of rotatable bonds is 4. The van der Waals surface area contributed by atoms with E-state index in [2.05, 4.69) is 32.3 Å². The maximum atomic E-state index is 9.89. The van der Waals surface area contributed by atoms with E-state index in [-0.39, 0.29) is 18.0 Å². The molecule has 154 valence electrons. The van der Waals surface area contributed by atoms with Gasteiger partial charge in [0.1, 0.15) is 6.04 Å². The molecular formula is C23H23N8+. The molecule has 4 heterocycles. The SMILES string of the molecule is C#[N+]C1CCC(C(C#N)n2cc(-c3cc(-c4cnn(C)c4)cn4nccc34)cn2)CC1. The summed E-state index contributed by atoms with van der Waals surface area (Å²) in [6.45, 7) is 5.46. The number of fused-ring (bicyclic) bond motifs is 1. The summed E-state index contributed by atoms with van der Waals surface area (Å²) in [5.41, 5.74) is 5.01. The van der Waals surface area contributed by atoms with Crippen LogP contribution >= 0.6 is 0 Å². The van der Waals surface area contributed by atoms with Crippen molar-refractivity contribution in [2.24, 2.45) is 13.0 Å². The van der Waals surface area contributed by atoms with Gasteiger partial charge in [-0.05, 0) is 30.9 Å². The summed E-state index contributed by atoms with van der Waals surface area (Å²) in [4.78, 5) is 3.92. The largest absolute Gasteiger partial charge is 0.275 e. The average Bonchev–Trinajstić information content (AvgIpc) is 3.55. The predicted octanol–water partition coefficient (Wildman–Crippen LogP) is 4.18. The molecule has 0 spiro atoms. The van der Waals surface area contributed by atoms with Crippen LogP contribution < -0.4 is 0 Å². The molecule has 0 saturated heterocycles. The van der Waals surface area contributed by atoms with Gasteiger partial charge >= 0.3 is 0 Å². The van der Waals surface area contributed by atoms with Crippen LogP contribution in [-0.2, 0) is 7.05 Å². The van der Waals surface area contributed by atoms with Gasteiger partial charge < -0.3 is 0 Å². The van der Waals surface area contributed by atoms with Gasteiger partial charge in [-0.2, -0.15) is 20.6 Å². The lowest BCUT2D eigenvalue weighted by Gasteiger charge is -2.25. The maximum Gasteiger partial charge on any atom is 0.272 e. The van der Waals surface area contributed by atoms with Crippen LogP contribution in [0.1, 0.15) is 31.7 Å². The zero-order valence-electron chi connectivity index (χ0n) is 17.3. The fourth-order valence-electron chi connectivity index (χ4n) is 4.56. The van der Waals surface area contributed by atoms with Gasteiger partial charge in [-0.3, -0.25) is 9.36 Å². The van der Waals surface area contributed by atoms with Crippen LogP contribution in [0.4, 0.5) is 0 Å². The summed E-state index contributed by atoms with van der Waals surface area (Å²) in [5, 5.41) is 23.2. The van der Waals surface area contributed by atoms with E-state index in [9.17, 15) is 5.26 Å². The Hall–Kier alpha value is -3.91. The minimum absolute atomic E-state index is 0.217. The van der Waals surface area contributed by atoms with E-state index in [0.717, 1.165) is 53.5 Å². The van der Waals surface area contributed by atoms with Crippen LogP contribution in [0.2, 0.25) is 0 Å². The summed E-state index contributed by atoms with van der Waals surface area (Å²) in [6, 6.07) is 6.50. The van der Waals surface area contributed by atoms with Gasteiger partial charge in [-0.1, -0.05) is 4.85 Å². The fraction of sp³-hybridized carbons (Fsp3) is 0.348. The third-order valence-electron chi connectivity index (χ3n) is 6.27. The van der Waals surface area contributed by atoms with Crippen molar-refractivity contribution >= 4 is 5.52 Å². The highest BCUT2D eigenvalue weighted by atomic mass is 15.3. The van der Waals surface area contributed by atoms with E-state index >= 15 is 0 Å². The van der Waals surface area contributed by atoms with Gasteiger partial charge in [-0.25, -0.2) is 4.52 Å². The van der Waals surface area contributed by atoms with E-state index in [0.29, 0.717) is 0 Å². The first-order valence-corrected chi connectivity index (χ1v) is 10.5. The Balaban J connectivity index is 1.50. The van der Waals surface area contributed by atoms with E-state index in [4.69, 9.17) is 6.57 Å². The molecule has 8 heteroatoms. The molecule has 4 aromatic rings. The Morgan fingerprint density at radius 1 is 1.06 bits per heavy atom. The monoisotopic (exact) mass is 411 g/mol. The highest BCUT2D eigenvalue weighted by molar-refractivity contribution is 5.83. The lowest BCUT2D eigenvalue weighted by Crippen LogP contribution is -2.24. The molecule has 8 nitrogen and oxygen atoms in total. The standard InChI is InChI=1S/C23H23N8/c1-25-20-5-3-16(4-6-20)23(10-24)31-15-19(12-28-31)21-9-17(18-11-27-29(2)13-18)14-30-22(21)7-8-26-30/h1,7-9,11-16,20,23H,3-6H2,2H3/q+1. The first kappa shape index (κ1) is 19.1. The third-order valence-corrected chi connectivity index (χ3v) is 6.27. The molecule has 1 fully saturated rings. The van der Waals surface area contributed by atoms with Crippen molar-refractivity contribution in [3.63, 3.8) is 0 Å². The highest BCUT2D eigenvalue weighted by Crippen LogP contribution is 2.35. The molecule has 0 bridgehead atoms. The van der Waals surface area contributed by atoms with E-state index < -0.39 is 0 Å². The number of hydrogen-bond donors (Lipinski definition) is 0. The molecule has 5 rings (SSSR count). The van der Waals surface area contributed by atoms with E-state index in [1.807, 2.05) is 53.3 Å². The molecule has 1 aliphatic carbocycles. The molecule has 0 amide bonds. The van der Waals surface area contributed by atoms with Crippen LogP contribution in [0.25, 0.3) is 32.6 Å². The van der Waals surface area contributed by atoms with Crippen LogP contribution in [0, 0.1) is 23.8 Å². The summed E-state index contributed by atoms with van der Waals surface area (Å²) in [6.07, 6.45) is 15.1. The maximum absolute atomic E-state index is 9.89. The van der Waals surface area contributed by atoms with Crippen molar-refractivity contribution in [1.82, 2.24) is 29.2 Å².